The monoisotopic (exact) mass is 476 g/mol. The van der Waals surface area contributed by atoms with Gasteiger partial charge < -0.3 is 9.47 Å². The molecule has 0 fully saturated rings. The van der Waals surface area contributed by atoms with Gasteiger partial charge in [0.2, 0.25) is 0 Å². The number of ether oxygens (including phenoxy) is 2. The molecule has 0 bridgehead atoms. The van der Waals surface area contributed by atoms with E-state index in [-0.39, 0.29) is 5.02 Å². The maximum Gasteiger partial charge on any atom is 0.271 e. The van der Waals surface area contributed by atoms with Crippen molar-refractivity contribution in [3.8, 4) is 11.5 Å². The molecular formula is C23H19Cl3N2O3. The van der Waals surface area contributed by atoms with E-state index in [1.807, 2.05) is 31.2 Å². The molecule has 3 aromatic carbocycles. The zero-order valence-electron chi connectivity index (χ0n) is 16.8. The molecule has 31 heavy (non-hydrogen) atoms. The highest BCUT2D eigenvalue weighted by atomic mass is 35.5. The quantitative estimate of drug-likeness (QED) is 0.320. The summed E-state index contributed by atoms with van der Waals surface area (Å²) in [6, 6.07) is 15.9. The van der Waals surface area contributed by atoms with Crippen molar-refractivity contribution < 1.29 is 14.3 Å². The van der Waals surface area contributed by atoms with Crippen LogP contribution >= 0.6 is 34.8 Å². The first-order valence-electron chi connectivity index (χ1n) is 9.22. The summed E-state index contributed by atoms with van der Waals surface area (Å²) in [5.74, 6) is 0.466. The third kappa shape index (κ3) is 5.91. The number of nitrogens with one attached hydrogen (secondary N) is 1. The Morgan fingerprint density at radius 2 is 1.81 bits per heavy atom. The summed E-state index contributed by atoms with van der Waals surface area (Å²) in [4.78, 5) is 12.2. The minimum atomic E-state index is -0.425. The number of aryl methyl sites for hydroxylation is 1. The zero-order chi connectivity index (χ0) is 22.4. The summed E-state index contributed by atoms with van der Waals surface area (Å²) < 4.78 is 11.3. The second-order valence-electron chi connectivity index (χ2n) is 6.58. The number of carbonyl (C=O) groups is 1. The van der Waals surface area contributed by atoms with E-state index in [2.05, 4.69) is 10.5 Å². The van der Waals surface area contributed by atoms with Gasteiger partial charge in [0.15, 0.2) is 11.5 Å². The van der Waals surface area contributed by atoms with Gasteiger partial charge in [-0.25, -0.2) is 5.43 Å². The van der Waals surface area contributed by atoms with E-state index in [0.717, 1.165) is 11.1 Å². The van der Waals surface area contributed by atoms with Gasteiger partial charge >= 0.3 is 0 Å². The van der Waals surface area contributed by atoms with E-state index in [4.69, 9.17) is 44.3 Å². The van der Waals surface area contributed by atoms with Crippen molar-refractivity contribution in [2.45, 2.75) is 13.5 Å². The second kappa shape index (κ2) is 10.5. The van der Waals surface area contributed by atoms with Gasteiger partial charge in [-0.3, -0.25) is 4.79 Å². The summed E-state index contributed by atoms with van der Waals surface area (Å²) in [5, 5.41) is 4.99. The number of methoxy groups -OCH3 is 1. The number of carbonyl (C=O) groups excluding carboxylic acids is 1. The maximum absolute atomic E-state index is 12.2. The van der Waals surface area contributed by atoms with E-state index >= 15 is 0 Å². The van der Waals surface area contributed by atoms with E-state index in [1.54, 1.807) is 24.3 Å². The van der Waals surface area contributed by atoms with Gasteiger partial charge in [0.05, 0.1) is 28.4 Å². The van der Waals surface area contributed by atoms with Gasteiger partial charge in [-0.05, 0) is 53.9 Å². The highest BCUT2D eigenvalue weighted by Gasteiger charge is 2.13. The fourth-order valence-electron chi connectivity index (χ4n) is 2.74. The summed E-state index contributed by atoms with van der Waals surface area (Å²) in [6.45, 7) is 2.37. The van der Waals surface area contributed by atoms with Gasteiger partial charge in [-0.2, -0.15) is 5.10 Å². The predicted octanol–water partition coefficient (Wildman–Crippen LogP) is 6.31. The van der Waals surface area contributed by atoms with Crippen LogP contribution in [0.2, 0.25) is 15.1 Å². The van der Waals surface area contributed by atoms with Crippen LogP contribution in [-0.2, 0) is 6.61 Å². The SMILES string of the molecule is COc1cc(/C=N\NC(=O)c2ccc(Cl)c(Cl)c2)cc(Cl)c1OCc1ccccc1C. The topological polar surface area (TPSA) is 59.9 Å². The third-order valence-electron chi connectivity index (χ3n) is 4.45. The molecule has 0 aliphatic heterocycles. The van der Waals surface area contributed by atoms with Crippen LogP contribution in [0, 0.1) is 6.92 Å². The summed E-state index contributed by atoms with van der Waals surface area (Å²) in [7, 11) is 1.53. The first-order valence-corrected chi connectivity index (χ1v) is 10.4. The van der Waals surface area contributed by atoms with Crippen LogP contribution in [0.15, 0.2) is 59.7 Å². The molecule has 8 heteroatoms. The van der Waals surface area contributed by atoms with Crippen molar-refractivity contribution >= 4 is 46.9 Å². The average Bonchev–Trinajstić information content (AvgIpc) is 2.75. The van der Waals surface area contributed by atoms with Crippen molar-refractivity contribution in [1.29, 1.82) is 0 Å². The molecule has 0 aromatic heterocycles. The Balaban J connectivity index is 1.70. The first-order chi connectivity index (χ1) is 14.9. The number of rotatable bonds is 7. The van der Waals surface area contributed by atoms with Gasteiger partial charge in [-0.1, -0.05) is 59.1 Å². The van der Waals surface area contributed by atoms with Crippen LogP contribution in [0.4, 0.5) is 0 Å². The molecule has 0 saturated carbocycles. The molecule has 0 radical (unpaired) electrons. The van der Waals surface area contributed by atoms with Gasteiger partial charge in [0.1, 0.15) is 6.61 Å². The van der Waals surface area contributed by atoms with E-state index in [1.165, 1.54) is 19.4 Å². The van der Waals surface area contributed by atoms with Crippen molar-refractivity contribution in [3.63, 3.8) is 0 Å². The molecule has 0 unspecified atom stereocenters. The summed E-state index contributed by atoms with van der Waals surface area (Å²) in [5.41, 5.74) is 5.57. The molecule has 0 aliphatic rings. The lowest BCUT2D eigenvalue weighted by atomic mass is 10.1. The molecule has 0 heterocycles. The van der Waals surface area contributed by atoms with Gasteiger partial charge in [0.25, 0.3) is 5.91 Å². The van der Waals surface area contributed by atoms with Gasteiger partial charge in [0, 0.05) is 5.56 Å². The normalized spacial score (nSPS) is 10.9. The molecule has 3 aromatic rings. The van der Waals surface area contributed by atoms with E-state index < -0.39 is 5.91 Å². The fraction of sp³-hybridized carbons (Fsp3) is 0.130. The fourth-order valence-corrected chi connectivity index (χ4v) is 3.32. The number of hydrogen-bond donors (Lipinski definition) is 1. The minimum absolute atomic E-state index is 0.288. The molecule has 0 aliphatic carbocycles. The Labute approximate surface area is 195 Å². The van der Waals surface area contributed by atoms with Crippen LogP contribution in [0.25, 0.3) is 0 Å². The number of halogens is 3. The van der Waals surface area contributed by atoms with Crippen LogP contribution in [0.3, 0.4) is 0 Å². The smallest absolute Gasteiger partial charge is 0.271 e. The Bertz CT molecular complexity index is 1130. The van der Waals surface area contributed by atoms with E-state index in [9.17, 15) is 4.79 Å². The lowest BCUT2D eigenvalue weighted by Crippen LogP contribution is -2.17. The van der Waals surface area contributed by atoms with Crippen LogP contribution in [0.1, 0.15) is 27.0 Å². The second-order valence-corrected chi connectivity index (χ2v) is 7.80. The molecule has 1 amide bonds. The number of hydrogen-bond acceptors (Lipinski definition) is 4. The Hall–Kier alpha value is -2.73. The summed E-state index contributed by atoms with van der Waals surface area (Å²) in [6.07, 6.45) is 1.45. The Morgan fingerprint density at radius 1 is 1.03 bits per heavy atom. The van der Waals surface area contributed by atoms with Crippen molar-refractivity contribution in [3.05, 3.63) is 91.9 Å². The number of benzene rings is 3. The van der Waals surface area contributed by atoms with Gasteiger partial charge in [-0.15, -0.1) is 0 Å². The van der Waals surface area contributed by atoms with Crippen LogP contribution in [0.5, 0.6) is 11.5 Å². The van der Waals surface area contributed by atoms with Crippen LogP contribution in [-0.4, -0.2) is 19.2 Å². The van der Waals surface area contributed by atoms with E-state index in [0.29, 0.717) is 39.3 Å². The predicted molar refractivity (Wildman–Crippen MR) is 125 cm³/mol. The Morgan fingerprint density at radius 3 is 2.52 bits per heavy atom. The van der Waals surface area contributed by atoms with Crippen LogP contribution < -0.4 is 14.9 Å². The number of amides is 1. The average molecular weight is 478 g/mol. The molecule has 160 valence electrons. The molecule has 0 spiro atoms. The molecule has 0 saturated heterocycles. The molecule has 3 rings (SSSR count). The van der Waals surface area contributed by atoms with Crippen molar-refractivity contribution in [2.75, 3.05) is 7.11 Å². The largest absolute Gasteiger partial charge is 0.493 e. The molecule has 1 N–H and O–H groups in total. The Kier molecular flexibility index (Phi) is 7.80. The minimum Gasteiger partial charge on any atom is -0.493 e. The maximum atomic E-state index is 12.2. The lowest BCUT2D eigenvalue weighted by Gasteiger charge is -2.14. The lowest BCUT2D eigenvalue weighted by molar-refractivity contribution is 0.0955. The molecular weight excluding hydrogens is 459 g/mol. The van der Waals surface area contributed by atoms with Crippen molar-refractivity contribution in [1.82, 2.24) is 5.43 Å². The summed E-state index contributed by atoms with van der Waals surface area (Å²) >= 11 is 18.2. The third-order valence-corrected chi connectivity index (χ3v) is 5.47. The first kappa shape index (κ1) is 22.9. The standard InChI is InChI=1S/C23H19Cl3N2O3/c1-14-5-3-4-6-17(14)13-31-22-20(26)9-15(10-21(22)30-2)12-27-28-23(29)16-7-8-18(24)19(25)11-16/h3-12H,13H2,1-2H3,(H,28,29)/b27-12-. The van der Waals surface area contributed by atoms with Crippen molar-refractivity contribution in [2.24, 2.45) is 5.10 Å². The zero-order valence-corrected chi connectivity index (χ0v) is 19.1. The highest BCUT2D eigenvalue weighted by molar-refractivity contribution is 6.42. The highest BCUT2D eigenvalue weighted by Crippen LogP contribution is 2.36. The molecule has 5 nitrogen and oxygen atoms in total. The molecule has 0 atom stereocenters. The number of hydrazone groups is 1. The number of nitrogens with zero attached hydrogens (tertiary/aromatic N) is 1.